The lowest BCUT2D eigenvalue weighted by molar-refractivity contribution is -0.118. The Morgan fingerprint density at radius 3 is 2.61 bits per heavy atom. The van der Waals surface area contributed by atoms with Crippen molar-refractivity contribution in [1.82, 2.24) is 0 Å². The molecule has 5 rings (SSSR count). The fourth-order valence-corrected chi connectivity index (χ4v) is 5.22. The Labute approximate surface area is 216 Å². The number of hydrogen-bond acceptors (Lipinski definition) is 5. The van der Waals surface area contributed by atoms with Crippen molar-refractivity contribution in [2.45, 2.75) is 32.3 Å². The second-order valence-electron chi connectivity index (χ2n) is 9.59. The molecular formula is C29H30ClNO5. The predicted octanol–water partition coefficient (Wildman–Crippen LogP) is 6.60. The van der Waals surface area contributed by atoms with Gasteiger partial charge in [-0.25, -0.2) is 0 Å². The van der Waals surface area contributed by atoms with Crippen LogP contribution in [0.4, 0.5) is 5.69 Å². The molecule has 3 atom stereocenters. The second-order valence-corrected chi connectivity index (χ2v) is 10.00. The lowest BCUT2D eigenvalue weighted by Crippen LogP contribution is -2.31. The van der Waals surface area contributed by atoms with Gasteiger partial charge in [-0.15, -0.1) is 0 Å². The minimum Gasteiger partial charge on any atom is -0.484 e. The van der Waals surface area contributed by atoms with Crippen molar-refractivity contribution >= 4 is 23.2 Å². The van der Waals surface area contributed by atoms with Crippen LogP contribution in [-0.2, 0) is 9.53 Å². The lowest BCUT2D eigenvalue weighted by Gasteiger charge is -2.39. The van der Waals surface area contributed by atoms with Crippen LogP contribution >= 0.6 is 11.6 Å². The molecule has 3 aromatic carbocycles. The van der Waals surface area contributed by atoms with E-state index < -0.39 is 0 Å². The quantitative estimate of drug-likeness (QED) is 0.390. The molecule has 0 spiro atoms. The molecule has 0 unspecified atom stereocenters. The highest BCUT2D eigenvalue weighted by Crippen LogP contribution is 2.44. The minimum absolute atomic E-state index is 0.00657. The molecule has 0 aromatic heterocycles. The number of anilines is 1. The molecule has 3 aromatic rings. The summed E-state index contributed by atoms with van der Waals surface area (Å²) in [6, 6.07) is 21.2. The van der Waals surface area contributed by atoms with Crippen molar-refractivity contribution in [2.75, 3.05) is 25.3 Å². The van der Waals surface area contributed by atoms with Gasteiger partial charge in [-0.1, -0.05) is 55.8 Å². The van der Waals surface area contributed by atoms with Crippen LogP contribution in [0.1, 0.15) is 43.4 Å². The Morgan fingerprint density at radius 1 is 1.06 bits per heavy atom. The van der Waals surface area contributed by atoms with Crippen LogP contribution in [0, 0.1) is 11.8 Å². The molecule has 36 heavy (non-hydrogen) atoms. The van der Waals surface area contributed by atoms with Gasteiger partial charge in [0, 0.05) is 22.7 Å². The van der Waals surface area contributed by atoms with E-state index in [9.17, 15) is 4.79 Å². The van der Waals surface area contributed by atoms with E-state index in [1.54, 1.807) is 18.2 Å². The van der Waals surface area contributed by atoms with E-state index in [1.807, 2.05) is 42.5 Å². The standard InChI is InChI=1S/C29H30ClNO5/c1-18(2)24-13-20(23-5-3-4-6-25(23)30)15-34-29(24)19-7-10-22(11-8-19)33-16-28(32)31-21-9-12-26-27(14-21)36-17-35-26/h3-12,14,18,20,24,29H,13,15-17H2,1-2H3,(H,31,32)/t20-,24-,29-/m0/s1. The molecule has 0 radical (unpaired) electrons. The first kappa shape index (κ1) is 24.5. The number of hydrogen-bond donors (Lipinski definition) is 1. The Kier molecular flexibility index (Phi) is 7.35. The van der Waals surface area contributed by atoms with Crippen molar-refractivity contribution in [3.05, 3.63) is 82.9 Å². The summed E-state index contributed by atoms with van der Waals surface area (Å²) in [6.45, 7) is 5.22. The topological polar surface area (TPSA) is 66.0 Å². The highest BCUT2D eigenvalue weighted by Gasteiger charge is 2.35. The van der Waals surface area contributed by atoms with Crippen LogP contribution in [0.25, 0.3) is 0 Å². The summed E-state index contributed by atoms with van der Waals surface area (Å²) in [5.74, 6) is 2.77. The third-order valence-electron chi connectivity index (χ3n) is 6.86. The van der Waals surface area contributed by atoms with Crippen molar-refractivity contribution in [2.24, 2.45) is 11.8 Å². The van der Waals surface area contributed by atoms with Crippen molar-refractivity contribution in [1.29, 1.82) is 0 Å². The van der Waals surface area contributed by atoms with Crippen LogP contribution < -0.4 is 19.5 Å². The maximum Gasteiger partial charge on any atom is 0.262 e. The number of amides is 1. The van der Waals surface area contributed by atoms with Gasteiger partial charge in [0.1, 0.15) is 5.75 Å². The predicted molar refractivity (Wildman–Crippen MR) is 139 cm³/mol. The van der Waals surface area contributed by atoms with Crippen molar-refractivity contribution in [3.8, 4) is 17.2 Å². The average molecular weight is 508 g/mol. The molecule has 7 heteroatoms. The van der Waals surface area contributed by atoms with E-state index in [2.05, 4.69) is 25.2 Å². The van der Waals surface area contributed by atoms with Gasteiger partial charge in [0.05, 0.1) is 12.7 Å². The van der Waals surface area contributed by atoms with Gasteiger partial charge in [-0.3, -0.25) is 4.79 Å². The van der Waals surface area contributed by atoms with Crippen LogP contribution in [-0.4, -0.2) is 25.9 Å². The molecule has 1 fully saturated rings. The van der Waals surface area contributed by atoms with Gasteiger partial charge in [0.25, 0.3) is 5.91 Å². The number of nitrogens with one attached hydrogen (secondary N) is 1. The van der Waals surface area contributed by atoms with Crippen molar-refractivity contribution in [3.63, 3.8) is 0 Å². The molecule has 1 saturated heterocycles. The van der Waals surface area contributed by atoms with E-state index >= 15 is 0 Å². The molecule has 1 amide bonds. The van der Waals surface area contributed by atoms with Gasteiger partial charge in [-0.05, 0) is 59.7 Å². The summed E-state index contributed by atoms with van der Waals surface area (Å²) in [5, 5.41) is 3.62. The number of halogens is 1. The van der Waals surface area contributed by atoms with Crippen molar-refractivity contribution < 1.29 is 23.7 Å². The highest BCUT2D eigenvalue weighted by atomic mass is 35.5. The zero-order chi connectivity index (χ0) is 25.1. The third-order valence-corrected chi connectivity index (χ3v) is 7.20. The summed E-state index contributed by atoms with van der Waals surface area (Å²) in [4.78, 5) is 12.4. The highest BCUT2D eigenvalue weighted by molar-refractivity contribution is 6.31. The summed E-state index contributed by atoms with van der Waals surface area (Å²) in [5.41, 5.74) is 2.90. The maximum atomic E-state index is 12.4. The monoisotopic (exact) mass is 507 g/mol. The summed E-state index contributed by atoms with van der Waals surface area (Å²) in [6.07, 6.45) is 1.02. The largest absolute Gasteiger partial charge is 0.484 e. The van der Waals surface area contributed by atoms with E-state index in [4.69, 9.17) is 30.5 Å². The first-order chi connectivity index (χ1) is 17.5. The van der Waals surface area contributed by atoms with E-state index in [-0.39, 0.29) is 31.3 Å². The number of carbonyl (C=O) groups excluding carboxylic acids is 1. The summed E-state index contributed by atoms with van der Waals surface area (Å²) in [7, 11) is 0. The number of rotatable bonds is 7. The molecule has 2 aliphatic rings. The van der Waals surface area contributed by atoms with Crippen LogP contribution in [0.2, 0.25) is 5.02 Å². The number of ether oxygens (including phenoxy) is 4. The van der Waals surface area contributed by atoms with E-state index in [0.29, 0.717) is 41.4 Å². The molecule has 2 aliphatic heterocycles. The average Bonchev–Trinajstić information content (AvgIpc) is 3.36. The fourth-order valence-electron chi connectivity index (χ4n) is 4.93. The van der Waals surface area contributed by atoms with Gasteiger partial charge >= 0.3 is 0 Å². The molecule has 1 N–H and O–H groups in total. The van der Waals surface area contributed by atoms with E-state index in [0.717, 1.165) is 22.6 Å². The zero-order valence-electron chi connectivity index (χ0n) is 20.4. The SMILES string of the molecule is CC(C)[C@@H]1C[C@H](c2ccccc2Cl)CO[C@H]1c1ccc(OCC(=O)Nc2ccc3c(c2)OCO3)cc1. The fraction of sp³-hybridized carbons (Fsp3) is 0.345. The van der Waals surface area contributed by atoms with Crippen LogP contribution in [0.5, 0.6) is 17.2 Å². The molecule has 0 bridgehead atoms. The molecular weight excluding hydrogens is 478 g/mol. The van der Waals surface area contributed by atoms with Gasteiger partial charge < -0.3 is 24.3 Å². The van der Waals surface area contributed by atoms with Crippen LogP contribution in [0.3, 0.4) is 0 Å². The third kappa shape index (κ3) is 5.45. The van der Waals surface area contributed by atoms with Gasteiger partial charge in [0.15, 0.2) is 18.1 Å². The molecule has 0 saturated carbocycles. The number of fused-ring (bicyclic) bond motifs is 1. The first-order valence-corrected chi connectivity index (χ1v) is 12.6. The Balaban J connectivity index is 1.18. The normalized spacial score (nSPS) is 20.8. The van der Waals surface area contributed by atoms with Crippen LogP contribution in [0.15, 0.2) is 66.7 Å². The minimum atomic E-state index is -0.251. The number of carbonyl (C=O) groups is 1. The summed E-state index contributed by atoms with van der Waals surface area (Å²) >= 11 is 6.47. The molecule has 6 nitrogen and oxygen atoms in total. The lowest BCUT2D eigenvalue weighted by atomic mass is 9.76. The second kappa shape index (κ2) is 10.8. The molecule has 0 aliphatic carbocycles. The van der Waals surface area contributed by atoms with Gasteiger partial charge in [0.2, 0.25) is 6.79 Å². The number of benzene rings is 3. The first-order valence-electron chi connectivity index (χ1n) is 12.3. The molecule has 2 heterocycles. The Bertz CT molecular complexity index is 1210. The Hall–Kier alpha value is -3.22. The van der Waals surface area contributed by atoms with Gasteiger partial charge in [-0.2, -0.15) is 0 Å². The van der Waals surface area contributed by atoms with E-state index in [1.165, 1.54) is 0 Å². The zero-order valence-corrected chi connectivity index (χ0v) is 21.2. The maximum absolute atomic E-state index is 12.4. The molecule has 188 valence electrons. The smallest absolute Gasteiger partial charge is 0.262 e. The summed E-state index contributed by atoms with van der Waals surface area (Å²) < 4.78 is 22.8. The Morgan fingerprint density at radius 2 is 1.83 bits per heavy atom.